The summed E-state index contributed by atoms with van der Waals surface area (Å²) >= 11 is 0. The fourth-order valence-corrected chi connectivity index (χ4v) is 1.86. The predicted octanol–water partition coefficient (Wildman–Crippen LogP) is 1.38. The van der Waals surface area contributed by atoms with Crippen molar-refractivity contribution >= 4 is 17.8 Å². The Morgan fingerprint density at radius 3 is 2.53 bits per heavy atom. The molecule has 108 valence electrons. The Kier molecular flexibility index (Phi) is 4.91. The second kappa shape index (κ2) is 6.04. The fourth-order valence-electron chi connectivity index (χ4n) is 1.86. The van der Waals surface area contributed by atoms with E-state index in [1.807, 2.05) is 0 Å². The highest BCUT2D eigenvalue weighted by Gasteiger charge is 2.33. The van der Waals surface area contributed by atoms with Gasteiger partial charge in [-0.3, -0.25) is 9.59 Å². The Labute approximate surface area is 113 Å². The number of ether oxygens (including phenoxy) is 2. The summed E-state index contributed by atoms with van der Waals surface area (Å²) in [6.07, 6.45) is -0.190. The molecule has 1 atom stereocenters. The first-order chi connectivity index (χ1) is 8.73. The molecule has 0 bridgehead atoms. The van der Waals surface area contributed by atoms with Crippen LogP contribution in [0.25, 0.3) is 0 Å². The predicted molar refractivity (Wildman–Crippen MR) is 67.6 cm³/mol. The zero-order chi connectivity index (χ0) is 14.6. The van der Waals surface area contributed by atoms with Crippen molar-refractivity contribution in [3.05, 3.63) is 0 Å². The van der Waals surface area contributed by atoms with E-state index in [-0.39, 0.29) is 25.2 Å². The molecule has 0 aromatic carbocycles. The first-order valence-electron chi connectivity index (χ1n) is 6.30. The van der Waals surface area contributed by atoms with E-state index < -0.39 is 23.6 Å². The minimum atomic E-state index is -0.573. The zero-order valence-corrected chi connectivity index (χ0v) is 11.9. The van der Waals surface area contributed by atoms with Gasteiger partial charge in [-0.25, -0.2) is 4.79 Å². The van der Waals surface area contributed by atoms with Crippen molar-refractivity contribution in [1.82, 2.24) is 4.90 Å². The molecule has 1 heterocycles. The monoisotopic (exact) mass is 271 g/mol. The van der Waals surface area contributed by atoms with Crippen molar-refractivity contribution in [1.29, 1.82) is 0 Å². The number of carbonyl (C=O) groups is 3. The summed E-state index contributed by atoms with van der Waals surface area (Å²) in [4.78, 5) is 36.3. The number of ketones is 1. The summed E-state index contributed by atoms with van der Waals surface area (Å²) in [7, 11) is 1.28. The van der Waals surface area contributed by atoms with Crippen LogP contribution in [0, 0.1) is 5.92 Å². The first-order valence-corrected chi connectivity index (χ1v) is 6.30. The lowest BCUT2D eigenvalue weighted by molar-refractivity contribution is -0.145. The molecule has 0 unspecified atom stereocenters. The van der Waals surface area contributed by atoms with Gasteiger partial charge < -0.3 is 14.4 Å². The van der Waals surface area contributed by atoms with Crippen molar-refractivity contribution in [3.63, 3.8) is 0 Å². The summed E-state index contributed by atoms with van der Waals surface area (Å²) in [6, 6.07) is 0. The maximum Gasteiger partial charge on any atom is 0.410 e. The van der Waals surface area contributed by atoms with Crippen LogP contribution in [0.4, 0.5) is 4.79 Å². The minimum Gasteiger partial charge on any atom is -0.469 e. The number of nitrogens with zero attached hydrogens (tertiary/aromatic N) is 1. The topological polar surface area (TPSA) is 72.9 Å². The maximum atomic E-state index is 11.9. The minimum absolute atomic E-state index is 0.00856. The number of hydrogen-bond donors (Lipinski definition) is 0. The third-order valence-electron chi connectivity index (χ3n) is 2.82. The van der Waals surface area contributed by atoms with Crippen LogP contribution < -0.4 is 0 Å². The number of Topliss-reactive ketones (excluding diaryl/α,β-unsaturated/α-hetero) is 1. The second-order valence-electron chi connectivity index (χ2n) is 5.62. The number of hydrogen-bond acceptors (Lipinski definition) is 5. The van der Waals surface area contributed by atoms with Gasteiger partial charge in [0, 0.05) is 25.4 Å². The molecule has 0 N–H and O–H groups in total. The Morgan fingerprint density at radius 1 is 1.37 bits per heavy atom. The molecule has 6 heteroatoms. The number of methoxy groups -OCH3 is 1. The number of likely N-dealkylation sites (tertiary alicyclic amines) is 1. The molecule has 1 saturated heterocycles. The number of piperidine rings is 1. The Morgan fingerprint density at radius 2 is 2.00 bits per heavy atom. The Hall–Kier alpha value is -1.59. The quantitative estimate of drug-likeness (QED) is 0.709. The Bertz CT molecular complexity index is 372. The normalized spacial score (nSPS) is 20.1. The third-order valence-corrected chi connectivity index (χ3v) is 2.82. The summed E-state index contributed by atoms with van der Waals surface area (Å²) in [5, 5.41) is 0. The van der Waals surface area contributed by atoms with Crippen LogP contribution in [0.5, 0.6) is 0 Å². The molecule has 1 rings (SSSR count). The largest absolute Gasteiger partial charge is 0.469 e. The van der Waals surface area contributed by atoms with Gasteiger partial charge in [-0.15, -0.1) is 0 Å². The lowest BCUT2D eigenvalue weighted by atomic mass is 9.93. The summed E-state index contributed by atoms with van der Waals surface area (Å²) in [5.74, 6) is -0.941. The molecule has 0 aromatic heterocycles. The maximum absolute atomic E-state index is 11.9. The van der Waals surface area contributed by atoms with Crippen LogP contribution in [0.1, 0.15) is 33.6 Å². The van der Waals surface area contributed by atoms with Gasteiger partial charge >= 0.3 is 12.1 Å². The SMILES string of the molecule is COC(=O)C[C@@H]1CN(C(=O)OC(C)(C)C)CCC1=O. The molecule has 0 saturated carbocycles. The van der Waals surface area contributed by atoms with Gasteiger partial charge in [-0.2, -0.15) is 0 Å². The molecule has 0 aromatic rings. The van der Waals surface area contributed by atoms with Gasteiger partial charge in [0.1, 0.15) is 11.4 Å². The van der Waals surface area contributed by atoms with Crippen LogP contribution in [-0.2, 0) is 19.1 Å². The van der Waals surface area contributed by atoms with E-state index in [1.165, 1.54) is 12.0 Å². The first kappa shape index (κ1) is 15.5. The third kappa shape index (κ3) is 4.89. The van der Waals surface area contributed by atoms with E-state index in [9.17, 15) is 14.4 Å². The highest BCUT2D eigenvalue weighted by molar-refractivity contribution is 5.87. The molecule has 1 aliphatic rings. The smallest absolute Gasteiger partial charge is 0.410 e. The lowest BCUT2D eigenvalue weighted by Crippen LogP contribution is -2.46. The molecule has 0 radical (unpaired) electrons. The molecular formula is C13H21NO5. The van der Waals surface area contributed by atoms with E-state index in [4.69, 9.17) is 4.74 Å². The summed E-state index contributed by atoms with van der Waals surface area (Å²) < 4.78 is 9.80. The lowest BCUT2D eigenvalue weighted by Gasteiger charge is -2.33. The van der Waals surface area contributed by atoms with Crippen LogP contribution in [0.3, 0.4) is 0 Å². The second-order valence-corrected chi connectivity index (χ2v) is 5.62. The van der Waals surface area contributed by atoms with E-state index in [0.29, 0.717) is 6.54 Å². The van der Waals surface area contributed by atoms with Crippen LogP contribution in [0.2, 0.25) is 0 Å². The van der Waals surface area contributed by atoms with E-state index in [1.54, 1.807) is 20.8 Å². The molecular weight excluding hydrogens is 250 g/mol. The number of esters is 1. The van der Waals surface area contributed by atoms with Gasteiger partial charge in [0.15, 0.2) is 0 Å². The van der Waals surface area contributed by atoms with Crippen molar-refractivity contribution in [2.75, 3.05) is 20.2 Å². The van der Waals surface area contributed by atoms with E-state index >= 15 is 0 Å². The van der Waals surface area contributed by atoms with Gasteiger partial charge in [-0.05, 0) is 20.8 Å². The van der Waals surface area contributed by atoms with Crippen LogP contribution >= 0.6 is 0 Å². The van der Waals surface area contributed by atoms with Gasteiger partial charge in [0.05, 0.1) is 13.5 Å². The van der Waals surface area contributed by atoms with Crippen molar-refractivity contribution in [2.24, 2.45) is 5.92 Å². The molecule has 19 heavy (non-hydrogen) atoms. The number of rotatable bonds is 2. The molecule has 1 amide bonds. The highest BCUT2D eigenvalue weighted by atomic mass is 16.6. The van der Waals surface area contributed by atoms with Crippen molar-refractivity contribution in [3.8, 4) is 0 Å². The van der Waals surface area contributed by atoms with E-state index in [0.717, 1.165) is 0 Å². The summed E-state index contributed by atoms with van der Waals surface area (Å²) in [5.41, 5.74) is -0.573. The molecule has 0 spiro atoms. The van der Waals surface area contributed by atoms with E-state index in [2.05, 4.69) is 4.74 Å². The van der Waals surface area contributed by atoms with Crippen LogP contribution in [0.15, 0.2) is 0 Å². The molecule has 0 aliphatic carbocycles. The number of amides is 1. The molecule has 6 nitrogen and oxygen atoms in total. The molecule has 1 aliphatic heterocycles. The number of carbonyl (C=O) groups excluding carboxylic acids is 3. The zero-order valence-electron chi connectivity index (χ0n) is 11.9. The van der Waals surface area contributed by atoms with Crippen LogP contribution in [-0.4, -0.2) is 48.5 Å². The van der Waals surface area contributed by atoms with Crippen molar-refractivity contribution in [2.45, 2.75) is 39.2 Å². The fraction of sp³-hybridized carbons (Fsp3) is 0.769. The van der Waals surface area contributed by atoms with Gasteiger partial charge in [0.25, 0.3) is 0 Å². The average Bonchev–Trinajstić information content (AvgIpc) is 2.29. The van der Waals surface area contributed by atoms with Crippen molar-refractivity contribution < 1.29 is 23.9 Å². The highest BCUT2D eigenvalue weighted by Crippen LogP contribution is 2.19. The summed E-state index contributed by atoms with van der Waals surface area (Å²) in [6.45, 7) is 5.90. The Balaban J connectivity index is 2.61. The average molecular weight is 271 g/mol. The molecule has 1 fully saturated rings. The van der Waals surface area contributed by atoms with Gasteiger partial charge in [0.2, 0.25) is 0 Å². The standard InChI is InChI=1S/C13H21NO5/c1-13(2,3)19-12(17)14-6-5-10(15)9(8-14)7-11(16)18-4/h9H,5-8H2,1-4H3/t9-/m1/s1. The van der Waals surface area contributed by atoms with Gasteiger partial charge in [-0.1, -0.05) is 0 Å².